The highest BCUT2D eigenvalue weighted by molar-refractivity contribution is 5.69. The summed E-state index contributed by atoms with van der Waals surface area (Å²) in [5.41, 5.74) is 6.39. The number of carbonyl (C=O) groups excluding carboxylic acids is 1. The van der Waals surface area contributed by atoms with Gasteiger partial charge in [0.2, 0.25) is 0 Å². The molecule has 0 spiro atoms. The van der Waals surface area contributed by atoms with Gasteiger partial charge in [-0.1, -0.05) is 18.2 Å². The van der Waals surface area contributed by atoms with Crippen molar-refractivity contribution in [3.05, 3.63) is 29.8 Å². The number of para-hydroxylation sites is 1. The van der Waals surface area contributed by atoms with E-state index in [2.05, 4.69) is 0 Å². The zero-order valence-corrected chi connectivity index (χ0v) is 8.12. The van der Waals surface area contributed by atoms with Crippen molar-refractivity contribution in [1.29, 1.82) is 0 Å². The van der Waals surface area contributed by atoms with Crippen LogP contribution in [0.1, 0.15) is 12.5 Å². The van der Waals surface area contributed by atoms with Crippen LogP contribution in [-0.4, -0.2) is 18.0 Å². The summed E-state index contributed by atoms with van der Waals surface area (Å²) in [5.74, 6) is 0.310. The van der Waals surface area contributed by atoms with E-state index in [9.17, 15) is 4.79 Å². The van der Waals surface area contributed by atoms with Crippen LogP contribution in [0.25, 0.3) is 0 Å². The highest BCUT2D eigenvalue weighted by atomic mass is 16.5. The van der Waals surface area contributed by atoms with Gasteiger partial charge in [-0.2, -0.15) is 0 Å². The Morgan fingerprint density at radius 3 is 2.64 bits per heavy atom. The molecule has 0 aliphatic rings. The van der Waals surface area contributed by atoms with Crippen molar-refractivity contribution in [2.75, 3.05) is 6.54 Å². The third-order valence-corrected chi connectivity index (χ3v) is 1.64. The van der Waals surface area contributed by atoms with Crippen molar-refractivity contribution in [1.82, 2.24) is 0 Å². The number of hydrogen-bond acceptors (Lipinski definition) is 3. The molecule has 0 amide bonds. The van der Waals surface area contributed by atoms with Gasteiger partial charge in [-0.3, -0.25) is 4.79 Å². The predicted octanol–water partition coefficient (Wildman–Crippen LogP) is 0.288. The highest BCUT2D eigenvalue weighted by Gasteiger charge is 2.03. The van der Waals surface area contributed by atoms with E-state index < -0.39 is 0 Å². The summed E-state index contributed by atoms with van der Waals surface area (Å²) in [4.78, 5) is 10.7. The lowest BCUT2D eigenvalue weighted by molar-refractivity contribution is -0.131. The first-order chi connectivity index (χ1) is 6.24. The zero-order chi connectivity index (χ0) is 9.68. The molecular formula is C10H15NO3. The Labute approximate surface area is 83.0 Å². The minimum absolute atomic E-state index is 0. The van der Waals surface area contributed by atoms with Crippen molar-refractivity contribution in [3.63, 3.8) is 0 Å². The first-order valence-electron chi connectivity index (χ1n) is 4.20. The van der Waals surface area contributed by atoms with E-state index in [1.165, 1.54) is 6.92 Å². The van der Waals surface area contributed by atoms with Crippen LogP contribution in [0, 0.1) is 0 Å². The molecule has 78 valence electrons. The molecule has 0 aliphatic heterocycles. The Bertz CT molecular complexity index is 299. The molecule has 0 saturated heterocycles. The van der Waals surface area contributed by atoms with Gasteiger partial charge in [0.1, 0.15) is 5.75 Å². The Morgan fingerprint density at radius 1 is 1.43 bits per heavy atom. The number of carbonyl (C=O) groups is 1. The summed E-state index contributed by atoms with van der Waals surface area (Å²) in [7, 11) is 0. The van der Waals surface area contributed by atoms with Crippen molar-refractivity contribution in [2.45, 2.75) is 13.3 Å². The van der Waals surface area contributed by atoms with Gasteiger partial charge in [-0.15, -0.1) is 0 Å². The molecule has 14 heavy (non-hydrogen) atoms. The predicted molar refractivity (Wildman–Crippen MR) is 54.1 cm³/mol. The second kappa shape index (κ2) is 6.12. The van der Waals surface area contributed by atoms with Crippen LogP contribution in [0.15, 0.2) is 24.3 Å². The molecule has 0 aliphatic carbocycles. The van der Waals surface area contributed by atoms with E-state index in [1.54, 1.807) is 6.07 Å². The quantitative estimate of drug-likeness (QED) is 0.558. The molecule has 0 saturated carbocycles. The Morgan fingerprint density at radius 2 is 2.07 bits per heavy atom. The highest BCUT2D eigenvalue weighted by Crippen LogP contribution is 2.17. The fourth-order valence-electron chi connectivity index (χ4n) is 1.12. The molecule has 0 bridgehead atoms. The summed E-state index contributed by atoms with van der Waals surface area (Å²) >= 11 is 0. The van der Waals surface area contributed by atoms with Crippen molar-refractivity contribution < 1.29 is 15.0 Å². The monoisotopic (exact) mass is 197 g/mol. The first-order valence-corrected chi connectivity index (χ1v) is 4.20. The van der Waals surface area contributed by atoms with Gasteiger partial charge in [-0.05, 0) is 24.6 Å². The van der Waals surface area contributed by atoms with Crippen LogP contribution in [0.5, 0.6) is 5.75 Å². The molecule has 4 heteroatoms. The fraction of sp³-hybridized carbons (Fsp3) is 0.300. The number of benzene rings is 1. The van der Waals surface area contributed by atoms with E-state index in [4.69, 9.17) is 10.5 Å². The second-order valence-corrected chi connectivity index (χ2v) is 2.74. The lowest BCUT2D eigenvalue weighted by atomic mass is 10.1. The first kappa shape index (κ1) is 12.6. The molecule has 0 heterocycles. The van der Waals surface area contributed by atoms with Gasteiger partial charge in [0.05, 0.1) is 0 Å². The molecule has 0 unspecified atom stereocenters. The maximum atomic E-state index is 10.7. The van der Waals surface area contributed by atoms with Crippen LogP contribution in [0.4, 0.5) is 0 Å². The van der Waals surface area contributed by atoms with E-state index in [0.29, 0.717) is 12.3 Å². The molecule has 1 rings (SSSR count). The molecule has 0 atom stereocenters. The molecule has 1 aromatic rings. The maximum absolute atomic E-state index is 10.7. The van der Waals surface area contributed by atoms with Gasteiger partial charge in [0, 0.05) is 6.92 Å². The van der Waals surface area contributed by atoms with Crippen molar-refractivity contribution in [3.8, 4) is 5.75 Å². The lowest BCUT2D eigenvalue weighted by Gasteiger charge is -2.06. The molecule has 1 aromatic carbocycles. The van der Waals surface area contributed by atoms with Crippen LogP contribution < -0.4 is 10.5 Å². The molecule has 4 nitrogen and oxygen atoms in total. The summed E-state index contributed by atoms with van der Waals surface area (Å²) in [6, 6.07) is 7.41. The molecular weight excluding hydrogens is 182 g/mol. The van der Waals surface area contributed by atoms with Crippen LogP contribution in [0.3, 0.4) is 0 Å². The Hall–Kier alpha value is -1.39. The third kappa shape index (κ3) is 3.55. The number of rotatable bonds is 3. The number of esters is 1. The van der Waals surface area contributed by atoms with Gasteiger partial charge >= 0.3 is 5.97 Å². The molecule has 4 N–H and O–H groups in total. The van der Waals surface area contributed by atoms with Crippen LogP contribution in [0.2, 0.25) is 0 Å². The minimum Gasteiger partial charge on any atom is -0.426 e. The number of ether oxygens (including phenoxy) is 1. The zero-order valence-electron chi connectivity index (χ0n) is 8.12. The van der Waals surface area contributed by atoms with Gasteiger partial charge in [-0.25, -0.2) is 0 Å². The van der Waals surface area contributed by atoms with Crippen LogP contribution in [-0.2, 0) is 11.2 Å². The minimum atomic E-state index is -0.301. The maximum Gasteiger partial charge on any atom is 0.308 e. The number of hydrogen-bond donors (Lipinski definition) is 1. The Balaban J connectivity index is 0.00000169. The molecule has 0 fully saturated rings. The fourth-order valence-corrected chi connectivity index (χ4v) is 1.12. The standard InChI is InChI=1S/C10H13NO2.H2O/c1-8(12)13-10-5-3-2-4-9(10)6-7-11;/h2-5H,6-7,11H2,1H3;1H2. The summed E-state index contributed by atoms with van der Waals surface area (Å²) in [6.45, 7) is 1.94. The lowest BCUT2D eigenvalue weighted by Crippen LogP contribution is -2.07. The summed E-state index contributed by atoms with van der Waals surface area (Å²) in [6.07, 6.45) is 0.726. The second-order valence-electron chi connectivity index (χ2n) is 2.74. The van der Waals surface area contributed by atoms with E-state index in [0.717, 1.165) is 12.0 Å². The normalized spacial score (nSPS) is 9.00. The molecule has 0 aromatic heterocycles. The third-order valence-electron chi connectivity index (χ3n) is 1.64. The van der Waals surface area contributed by atoms with Crippen LogP contribution >= 0.6 is 0 Å². The largest absolute Gasteiger partial charge is 0.426 e. The molecule has 0 radical (unpaired) electrons. The van der Waals surface area contributed by atoms with Gasteiger partial charge in [0.15, 0.2) is 0 Å². The van der Waals surface area contributed by atoms with E-state index >= 15 is 0 Å². The topological polar surface area (TPSA) is 83.8 Å². The average Bonchev–Trinajstić information content (AvgIpc) is 2.08. The van der Waals surface area contributed by atoms with E-state index in [1.807, 2.05) is 18.2 Å². The van der Waals surface area contributed by atoms with Gasteiger partial charge < -0.3 is 15.9 Å². The smallest absolute Gasteiger partial charge is 0.308 e. The average molecular weight is 197 g/mol. The number of nitrogens with two attached hydrogens (primary N) is 1. The van der Waals surface area contributed by atoms with Crippen molar-refractivity contribution >= 4 is 5.97 Å². The summed E-state index contributed by atoms with van der Waals surface area (Å²) in [5, 5.41) is 0. The van der Waals surface area contributed by atoms with Gasteiger partial charge in [0.25, 0.3) is 0 Å². The SMILES string of the molecule is CC(=O)Oc1ccccc1CCN.O. The summed E-state index contributed by atoms with van der Waals surface area (Å²) < 4.78 is 5.00. The van der Waals surface area contributed by atoms with E-state index in [-0.39, 0.29) is 11.4 Å². The Kier molecular flexibility index (Phi) is 5.52. The van der Waals surface area contributed by atoms with Crippen molar-refractivity contribution in [2.24, 2.45) is 5.73 Å².